The van der Waals surface area contributed by atoms with Crippen LogP contribution < -0.4 is 4.74 Å². The maximum Gasteiger partial charge on any atom is 0.314 e. The number of halogens is 1. The highest BCUT2D eigenvalue weighted by Gasteiger charge is 2.33. The van der Waals surface area contributed by atoms with Gasteiger partial charge in [0, 0.05) is 0 Å². The molecule has 2 aliphatic carbocycles. The summed E-state index contributed by atoms with van der Waals surface area (Å²) in [4.78, 5) is 15.9. The first kappa shape index (κ1) is 19.3. The van der Waals surface area contributed by atoms with Crippen LogP contribution in [0.15, 0.2) is 18.3 Å². The van der Waals surface area contributed by atoms with Crippen molar-refractivity contribution < 1.29 is 13.9 Å². The standard InChI is InChI=1S/C22H32FNO2/c1-2-3-4-16-5-7-17(8-6-16)18-9-11-19(12-10-18)22(25)26-20-13-14-21(23)24-15-20/h13-19H,2-12H2,1H3/t16-,17-,18?,19?. The molecule has 2 fully saturated rings. The number of unbranched alkanes of at least 4 members (excludes halogenated alkanes) is 1. The molecule has 1 aromatic heterocycles. The summed E-state index contributed by atoms with van der Waals surface area (Å²) in [5.74, 6) is 2.20. The fourth-order valence-electron chi connectivity index (χ4n) is 4.89. The molecule has 26 heavy (non-hydrogen) atoms. The minimum atomic E-state index is -0.560. The predicted molar refractivity (Wildman–Crippen MR) is 100 cm³/mol. The average Bonchev–Trinajstić information content (AvgIpc) is 2.68. The van der Waals surface area contributed by atoms with Crippen LogP contribution in [-0.2, 0) is 4.79 Å². The summed E-state index contributed by atoms with van der Waals surface area (Å²) in [5.41, 5.74) is 0. The lowest BCUT2D eigenvalue weighted by atomic mass is 9.68. The van der Waals surface area contributed by atoms with Gasteiger partial charge in [-0.1, -0.05) is 39.0 Å². The number of aromatic nitrogens is 1. The summed E-state index contributed by atoms with van der Waals surface area (Å²) < 4.78 is 18.2. The molecule has 144 valence electrons. The third kappa shape index (κ3) is 5.28. The zero-order valence-corrected chi connectivity index (χ0v) is 16.0. The lowest BCUT2D eigenvalue weighted by Gasteiger charge is -2.37. The number of hydrogen-bond donors (Lipinski definition) is 0. The number of carbonyl (C=O) groups is 1. The molecule has 2 saturated carbocycles. The first-order valence-electron chi connectivity index (χ1n) is 10.5. The normalized spacial score (nSPS) is 29.3. The van der Waals surface area contributed by atoms with Crippen LogP contribution in [-0.4, -0.2) is 11.0 Å². The second kappa shape index (κ2) is 9.48. The Morgan fingerprint density at radius 1 is 1.08 bits per heavy atom. The van der Waals surface area contributed by atoms with Crippen LogP contribution in [0.2, 0.25) is 0 Å². The van der Waals surface area contributed by atoms with E-state index in [4.69, 9.17) is 4.74 Å². The molecular weight excluding hydrogens is 329 g/mol. The number of nitrogens with zero attached hydrogens (tertiary/aromatic N) is 1. The van der Waals surface area contributed by atoms with E-state index >= 15 is 0 Å². The van der Waals surface area contributed by atoms with E-state index in [2.05, 4.69) is 11.9 Å². The number of rotatable bonds is 6. The van der Waals surface area contributed by atoms with E-state index in [1.807, 2.05) is 0 Å². The summed E-state index contributed by atoms with van der Waals surface area (Å²) in [6, 6.07) is 2.68. The first-order valence-corrected chi connectivity index (χ1v) is 10.5. The Kier molecular flexibility index (Phi) is 7.04. The second-order valence-corrected chi connectivity index (χ2v) is 8.27. The maximum absolute atomic E-state index is 12.8. The van der Waals surface area contributed by atoms with Gasteiger partial charge in [0.05, 0.1) is 12.1 Å². The van der Waals surface area contributed by atoms with E-state index in [0.29, 0.717) is 5.75 Å². The third-order valence-corrected chi connectivity index (χ3v) is 6.55. The van der Waals surface area contributed by atoms with Crippen LogP contribution in [0.3, 0.4) is 0 Å². The summed E-state index contributed by atoms with van der Waals surface area (Å²) in [6.45, 7) is 2.28. The lowest BCUT2D eigenvalue weighted by molar-refractivity contribution is -0.140. The zero-order valence-electron chi connectivity index (χ0n) is 16.0. The number of carbonyl (C=O) groups excluding carboxylic acids is 1. The SMILES string of the molecule is CCCC[C@H]1CC[C@H](C2CCC(C(=O)Oc3ccc(F)nc3)CC2)CC1. The van der Waals surface area contributed by atoms with Crippen LogP contribution in [0.5, 0.6) is 5.75 Å². The molecule has 0 unspecified atom stereocenters. The molecule has 0 aliphatic heterocycles. The van der Waals surface area contributed by atoms with Gasteiger partial charge >= 0.3 is 5.97 Å². The molecule has 3 rings (SSSR count). The number of ether oxygens (including phenoxy) is 1. The lowest BCUT2D eigenvalue weighted by Crippen LogP contribution is -2.30. The highest BCUT2D eigenvalue weighted by atomic mass is 19.1. The summed E-state index contributed by atoms with van der Waals surface area (Å²) >= 11 is 0. The van der Waals surface area contributed by atoms with Crippen molar-refractivity contribution in [3.63, 3.8) is 0 Å². The number of hydrogen-bond acceptors (Lipinski definition) is 3. The van der Waals surface area contributed by atoms with E-state index < -0.39 is 5.95 Å². The molecule has 4 heteroatoms. The van der Waals surface area contributed by atoms with Crippen LogP contribution in [0, 0.1) is 29.6 Å². The molecule has 0 aromatic carbocycles. The summed E-state index contributed by atoms with van der Waals surface area (Å²) in [6.07, 6.45) is 15.1. The Morgan fingerprint density at radius 3 is 2.31 bits per heavy atom. The Balaban J connectivity index is 1.40. The molecule has 0 spiro atoms. The molecule has 1 heterocycles. The highest BCUT2D eigenvalue weighted by molar-refractivity contribution is 5.75. The minimum absolute atomic E-state index is 0.0165. The molecule has 3 nitrogen and oxygen atoms in total. The van der Waals surface area contributed by atoms with Crippen molar-refractivity contribution in [1.29, 1.82) is 0 Å². The van der Waals surface area contributed by atoms with Crippen LogP contribution >= 0.6 is 0 Å². The molecule has 0 bridgehead atoms. The average molecular weight is 362 g/mol. The van der Waals surface area contributed by atoms with Crippen molar-refractivity contribution in [3.8, 4) is 5.75 Å². The van der Waals surface area contributed by atoms with Crippen LogP contribution in [0.1, 0.15) is 77.6 Å². The van der Waals surface area contributed by atoms with Gasteiger partial charge in [-0.15, -0.1) is 0 Å². The smallest absolute Gasteiger partial charge is 0.314 e. The van der Waals surface area contributed by atoms with Gasteiger partial charge in [0.15, 0.2) is 0 Å². The zero-order chi connectivity index (χ0) is 18.4. The number of esters is 1. The Bertz CT molecular complexity index is 558. The second-order valence-electron chi connectivity index (χ2n) is 8.27. The summed E-state index contributed by atoms with van der Waals surface area (Å²) in [5, 5.41) is 0. The molecular formula is C22H32FNO2. The van der Waals surface area contributed by atoms with Gasteiger partial charge < -0.3 is 4.74 Å². The Labute approximate surface area is 156 Å². The van der Waals surface area contributed by atoms with Crippen molar-refractivity contribution >= 4 is 5.97 Å². The van der Waals surface area contributed by atoms with Gasteiger partial charge in [0.25, 0.3) is 0 Å². The van der Waals surface area contributed by atoms with Gasteiger partial charge in [-0.05, 0) is 68.4 Å². The molecule has 0 radical (unpaired) electrons. The first-order chi connectivity index (χ1) is 12.7. The monoisotopic (exact) mass is 361 g/mol. The quantitative estimate of drug-likeness (QED) is 0.466. The highest BCUT2D eigenvalue weighted by Crippen LogP contribution is 2.42. The third-order valence-electron chi connectivity index (χ3n) is 6.55. The van der Waals surface area contributed by atoms with E-state index in [-0.39, 0.29) is 11.9 Å². The van der Waals surface area contributed by atoms with Crippen LogP contribution in [0.25, 0.3) is 0 Å². The van der Waals surface area contributed by atoms with Gasteiger partial charge in [-0.3, -0.25) is 4.79 Å². The molecule has 0 atom stereocenters. The van der Waals surface area contributed by atoms with Crippen molar-refractivity contribution in [1.82, 2.24) is 4.98 Å². The Hall–Kier alpha value is -1.45. The Morgan fingerprint density at radius 2 is 1.73 bits per heavy atom. The van der Waals surface area contributed by atoms with Crippen LogP contribution in [0.4, 0.5) is 4.39 Å². The van der Waals surface area contributed by atoms with Crippen molar-refractivity contribution in [2.45, 2.75) is 77.6 Å². The topological polar surface area (TPSA) is 39.2 Å². The molecule has 1 aromatic rings. The van der Waals surface area contributed by atoms with E-state index in [0.717, 1.165) is 43.4 Å². The van der Waals surface area contributed by atoms with Gasteiger partial charge in [-0.25, -0.2) is 4.98 Å². The fourth-order valence-corrected chi connectivity index (χ4v) is 4.89. The van der Waals surface area contributed by atoms with E-state index in [9.17, 15) is 9.18 Å². The minimum Gasteiger partial charge on any atom is -0.425 e. The molecule has 0 amide bonds. The fraction of sp³-hybridized carbons (Fsp3) is 0.727. The van der Waals surface area contributed by atoms with Gasteiger partial charge in [-0.2, -0.15) is 4.39 Å². The van der Waals surface area contributed by atoms with Crippen molar-refractivity contribution in [2.75, 3.05) is 0 Å². The summed E-state index contributed by atoms with van der Waals surface area (Å²) in [7, 11) is 0. The molecule has 2 aliphatic rings. The molecule has 0 saturated heterocycles. The van der Waals surface area contributed by atoms with Crippen molar-refractivity contribution in [3.05, 3.63) is 24.3 Å². The van der Waals surface area contributed by atoms with E-state index in [1.165, 1.54) is 63.3 Å². The largest absolute Gasteiger partial charge is 0.425 e. The van der Waals surface area contributed by atoms with Gasteiger partial charge in [0.1, 0.15) is 5.75 Å². The van der Waals surface area contributed by atoms with E-state index in [1.54, 1.807) is 0 Å². The predicted octanol–water partition coefficient (Wildman–Crippen LogP) is 5.93. The molecule has 0 N–H and O–H groups in total. The van der Waals surface area contributed by atoms with Crippen molar-refractivity contribution in [2.24, 2.45) is 23.7 Å². The van der Waals surface area contributed by atoms with Gasteiger partial charge in [0.2, 0.25) is 5.95 Å². The number of pyridine rings is 1. The maximum atomic E-state index is 12.8.